The Balaban J connectivity index is 1.23. The zero-order valence-electron chi connectivity index (χ0n) is 17.9. The molecule has 6 nitrogen and oxygen atoms in total. The van der Waals surface area contributed by atoms with Gasteiger partial charge in [0, 0.05) is 49.9 Å². The van der Waals surface area contributed by atoms with Gasteiger partial charge in [-0.25, -0.2) is 4.98 Å². The van der Waals surface area contributed by atoms with Gasteiger partial charge in [0.05, 0.1) is 19.0 Å². The molecule has 2 saturated heterocycles. The number of aromatic nitrogens is 2. The maximum atomic E-state index is 12.7. The molecule has 0 bridgehead atoms. The third-order valence-electron chi connectivity index (χ3n) is 7.40. The van der Waals surface area contributed by atoms with E-state index in [0.717, 1.165) is 44.7 Å². The quantitative estimate of drug-likeness (QED) is 0.773. The lowest BCUT2D eigenvalue weighted by atomic mass is 9.64. The van der Waals surface area contributed by atoms with Gasteiger partial charge in [0.2, 0.25) is 5.91 Å². The highest BCUT2D eigenvalue weighted by Gasteiger charge is 2.52. The molecule has 160 valence electrons. The van der Waals surface area contributed by atoms with Crippen LogP contribution >= 0.6 is 0 Å². The first-order valence-corrected chi connectivity index (χ1v) is 11.1. The molecule has 1 aromatic heterocycles. The molecule has 0 saturated carbocycles. The fraction of sp³-hybridized carbons (Fsp3) is 0.583. The van der Waals surface area contributed by atoms with E-state index in [1.807, 2.05) is 21.7 Å². The molecule has 2 atom stereocenters. The minimum Gasteiger partial charge on any atom is -0.487 e. The Kier molecular flexibility index (Phi) is 4.85. The molecule has 3 aliphatic heterocycles. The summed E-state index contributed by atoms with van der Waals surface area (Å²) in [6.07, 6.45) is 9.15. The van der Waals surface area contributed by atoms with Crippen molar-refractivity contribution in [3.05, 3.63) is 48.5 Å². The lowest BCUT2D eigenvalue weighted by Crippen LogP contribution is -2.54. The molecule has 1 aromatic carbocycles. The van der Waals surface area contributed by atoms with E-state index >= 15 is 0 Å². The lowest BCUT2D eigenvalue weighted by molar-refractivity contribution is -0.176. The highest BCUT2D eigenvalue weighted by atomic mass is 16.5. The number of fused-ring (bicyclic) bond motifs is 3. The molecule has 2 aromatic rings. The number of likely N-dealkylation sites (tertiary alicyclic amines) is 1. The summed E-state index contributed by atoms with van der Waals surface area (Å²) in [4.78, 5) is 18.8. The first-order chi connectivity index (χ1) is 14.5. The monoisotopic (exact) mass is 409 g/mol. The molecule has 0 aliphatic carbocycles. The van der Waals surface area contributed by atoms with Crippen molar-refractivity contribution < 1.29 is 14.3 Å². The third-order valence-corrected chi connectivity index (χ3v) is 7.40. The van der Waals surface area contributed by atoms with Crippen LogP contribution in [-0.2, 0) is 16.1 Å². The number of nitrogens with zero attached hydrogens (tertiary/aromatic N) is 3. The van der Waals surface area contributed by atoms with Crippen molar-refractivity contribution in [1.29, 1.82) is 0 Å². The Morgan fingerprint density at radius 2 is 2.03 bits per heavy atom. The van der Waals surface area contributed by atoms with E-state index in [4.69, 9.17) is 9.47 Å². The molecule has 1 spiro atoms. The van der Waals surface area contributed by atoms with Crippen LogP contribution in [0.1, 0.15) is 51.2 Å². The molecule has 3 aliphatic rings. The minimum atomic E-state index is -0.260. The van der Waals surface area contributed by atoms with Crippen LogP contribution in [0.25, 0.3) is 0 Å². The van der Waals surface area contributed by atoms with Crippen LogP contribution in [0.2, 0.25) is 0 Å². The summed E-state index contributed by atoms with van der Waals surface area (Å²) in [5, 5.41) is 0. The molecule has 0 radical (unpaired) electrons. The molecule has 6 heteroatoms. The summed E-state index contributed by atoms with van der Waals surface area (Å²) in [6.45, 7) is 7.49. The highest BCUT2D eigenvalue weighted by molar-refractivity contribution is 5.76. The van der Waals surface area contributed by atoms with Crippen molar-refractivity contribution in [2.75, 3.05) is 19.7 Å². The first kappa shape index (κ1) is 19.6. The third kappa shape index (κ3) is 3.51. The zero-order chi connectivity index (χ0) is 20.8. The summed E-state index contributed by atoms with van der Waals surface area (Å²) >= 11 is 0. The van der Waals surface area contributed by atoms with Gasteiger partial charge in [-0.15, -0.1) is 0 Å². The van der Waals surface area contributed by atoms with E-state index < -0.39 is 0 Å². The standard InChI is InChI=1S/C24H31N3O3/c1-23(2)19-15-24(16-29-22(19)18-5-3-4-6-20(18)30-23)8-12-27(13-9-24)21(28)7-11-26-14-10-25-17-26/h3-6,10,14,17,19,22H,7-9,11-13,15-16H2,1-2H3/t19-,22+/m0/s1. The lowest BCUT2D eigenvalue weighted by Gasteiger charge is -2.54. The summed E-state index contributed by atoms with van der Waals surface area (Å²) in [5.74, 6) is 1.52. The van der Waals surface area contributed by atoms with Crippen LogP contribution in [0.5, 0.6) is 5.75 Å². The summed E-state index contributed by atoms with van der Waals surface area (Å²) in [5.41, 5.74) is 1.07. The van der Waals surface area contributed by atoms with E-state index in [1.54, 1.807) is 12.5 Å². The highest BCUT2D eigenvalue weighted by Crippen LogP contribution is 2.55. The van der Waals surface area contributed by atoms with Crippen LogP contribution in [0, 0.1) is 11.3 Å². The Bertz CT molecular complexity index is 900. The van der Waals surface area contributed by atoms with Crippen LogP contribution in [0.3, 0.4) is 0 Å². The molecular weight excluding hydrogens is 378 g/mol. The van der Waals surface area contributed by atoms with Gasteiger partial charge in [-0.2, -0.15) is 0 Å². The molecule has 0 N–H and O–H groups in total. The zero-order valence-corrected chi connectivity index (χ0v) is 17.9. The normalized spacial score (nSPS) is 26.5. The topological polar surface area (TPSA) is 56.6 Å². The van der Waals surface area contributed by atoms with Crippen molar-refractivity contribution >= 4 is 5.91 Å². The fourth-order valence-electron chi connectivity index (χ4n) is 5.48. The Morgan fingerprint density at radius 1 is 1.23 bits per heavy atom. The number of para-hydroxylation sites is 1. The van der Waals surface area contributed by atoms with Gasteiger partial charge in [0.25, 0.3) is 0 Å². The van der Waals surface area contributed by atoms with Crippen LogP contribution in [-0.4, -0.2) is 45.7 Å². The van der Waals surface area contributed by atoms with Gasteiger partial charge in [-0.3, -0.25) is 4.79 Å². The second kappa shape index (κ2) is 7.41. The summed E-state index contributed by atoms with van der Waals surface area (Å²) in [6, 6.07) is 8.29. The van der Waals surface area contributed by atoms with Gasteiger partial charge in [-0.1, -0.05) is 18.2 Å². The van der Waals surface area contributed by atoms with Gasteiger partial charge < -0.3 is 18.9 Å². The number of hydrogen-bond donors (Lipinski definition) is 0. The SMILES string of the molecule is CC1(C)Oc2ccccc2[C@H]2OCC3(CCN(C(=O)CCn4ccnc4)CC3)C[C@@H]21. The van der Waals surface area contributed by atoms with Gasteiger partial charge in [0.1, 0.15) is 11.4 Å². The fourth-order valence-corrected chi connectivity index (χ4v) is 5.48. The van der Waals surface area contributed by atoms with Crippen molar-refractivity contribution in [2.24, 2.45) is 11.3 Å². The summed E-state index contributed by atoms with van der Waals surface area (Å²) in [7, 11) is 0. The number of carbonyl (C=O) groups is 1. The maximum absolute atomic E-state index is 12.7. The second-order valence-electron chi connectivity index (χ2n) is 9.72. The molecule has 30 heavy (non-hydrogen) atoms. The van der Waals surface area contributed by atoms with E-state index in [0.29, 0.717) is 18.9 Å². The predicted molar refractivity (Wildman–Crippen MR) is 113 cm³/mol. The smallest absolute Gasteiger partial charge is 0.224 e. The largest absolute Gasteiger partial charge is 0.487 e. The Hall–Kier alpha value is -2.34. The number of benzene rings is 1. The Morgan fingerprint density at radius 3 is 2.80 bits per heavy atom. The second-order valence-corrected chi connectivity index (χ2v) is 9.72. The van der Waals surface area contributed by atoms with Crippen LogP contribution in [0.4, 0.5) is 0 Å². The van der Waals surface area contributed by atoms with Crippen molar-refractivity contribution in [3.8, 4) is 5.75 Å². The Labute approximate surface area is 178 Å². The number of aryl methyl sites for hydroxylation is 1. The average Bonchev–Trinajstić information content (AvgIpc) is 3.26. The predicted octanol–water partition coefficient (Wildman–Crippen LogP) is 3.83. The number of amides is 1. The van der Waals surface area contributed by atoms with Gasteiger partial charge in [-0.05, 0) is 44.6 Å². The van der Waals surface area contributed by atoms with E-state index in [9.17, 15) is 4.79 Å². The maximum Gasteiger partial charge on any atom is 0.224 e. The van der Waals surface area contributed by atoms with Gasteiger partial charge >= 0.3 is 0 Å². The average molecular weight is 410 g/mol. The number of ether oxygens (including phenoxy) is 2. The number of piperidine rings is 1. The first-order valence-electron chi connectivity index (χ1n) is 11.1. The van der Waals surface area contributed by atoms with E-state index in [1.165, 1.54) is 5.56 Å². The minimum absolute atomic E-state index is 0.102. The molecule has 4 heterocycles. The van der Waals surface area contributed by atoms with Crippen molar-refractivity contribution in [3.63, 3.8) is 0 Å². The van der Waals surface area contributed by atoms with Crippen molar-refractivity contribution in [1.82, 2.24) is 14.5 Å². The number of hydrogen-bond acceptors (Lipinski definition) is 4. The van der Waals surface area contributed by atoms with Crippen LogP contribution < -0.4 is 4.74 Å². The number of imidazole rings is 1. The van der Waals surface area contributed by atoms with Crippen molar-refractivity contribution in [2.45, 2.75) is 57.8 Å². The van der Waals surface area contributed by atoms with E-state index in [2.05, 4.69) is 37.0 Å². The molecule has 1 amide bonds. The van der Waals surface area contributed by atoms with Gasteiger partial charge in [0.15, 0.2) is 0 Å². The van der Waals surface area contributed by atoms with E-state index in [-0.39, 0.29) is 23.0 Å². The number of carbonyl (C=O) groups excluding carboxylic acids is 1. The summed E-state index contributed by atoms with van der Waals surface area (Å²) < 4.78 is 14.9. The molecule has 2 fully saturated rings. The van der Waals surface area contributed by atoms with Crippen LogP contribution in [0.15, 0.2) is 43.0 Å². The number of rotatable bonds is 3. The molecule has 0 unspecified atom stereocenters. The molecule has 5 rings (SSSR count). The molecular formula is C24H31N3O3.